The topological polar surface area (TPSA) is 17.1 Å². The van der Waals surface area contributed by atoms with Crippen LogP contribution in [-0.4, -0.2) is 12.0 Å². The first-order valence-corrected chi connectivity index (χ1v) is 5.68. The van der Waals surface area contributed by atoms with Gasteiger partial charge in [0.1, 0.15) is 6.29 Å². The van der Waals surface area contributed by atoms with Gasteiger partial charge in [0.2, 0.25) is 0 Å². The van der Waals surface area contributed by atoms with E-state index in [4.69, 9.17) is 15.1 Å². The minimum Gasteiger partial charge on any atom is -0.298 e. The van der Waals surface area contributed by atoms with Crippen LogP contribution in [0.1, 0.15) is 57.3 Å². The smallest absolute Gasteiger partial charge is 0.150 e. The highest BCUT2D eigenvalue weighted by atomic mass is 32.2. The van der Waals surface area contributed by atoms with E-state index in [1.54, 1.807) is 0 Å². The lowest BCUT2D eigenvalue weighted by Gasteiger charge is -2.20. The van der Waals surface area contributed by atoms with Gasteiger partial charge in [0.25, 0.3) is 0 Å². The van der Waals surface area contributed by atoms with Crippen LogP contribution < -0.4 is 0 Å². The van der Waals surface area contributed by atoms with Crippen molar-refractivity contribution in [3.63, 3.8) is 0 Å². The van der Waals surface area contributed by atoms with E-state index >= 15 is 0 Å². The van der Waals surface area contributed by atoms with Crippen LogP contribution in [0.15, 0.2) is 29.2 Å². The van der Waals surface area contributed by atoms with Crippen LogP contribution in [0.3, 0.4) is 0 Å². The Morgan fingerprint density at radius 1 is 1.44 bits per heavy atom. The van der Waals surface area contributed by atoms with Crippen LogP contribution in [0.4, 0.5) is 0 Å². The molecule has 16 heavy (non-hydrogen) atoms. The number of benzene rings is 1. The van der Waals surface area contributed by atoms with Crippen molar-refractivity contribution in [1.29, 1.82) is 0 Å². The predicted octanol–water partition coefficient (Wildman–Crippen LogP) is 4.17. The third kappa shape index (κ3) is 3.38. The lowest BCUT2D eigenvalue weighted by atomic mass is 9.91. The molecule has 0 unspecified atom stereocenters. The molecule has 2 rings (SSSR count). The summed E-state index contributed by atoms with van der Waals surface area (Å²) in [4.78, 5) is 11.3. The van der Waals surface area contributed by atoms with Gasteiger partial charge in [-0.2, -0.15) is 0 Å². The first-order valence-electron chi connectivity index (χ1n) is 10.2. The average Bonchev–Trinajstić information content (AvgIpc) is 2.57. The van der Waals surface area contributed by atoms with Crippen LogP contribution in [0.25, 0.3) is 0 Å². The van der Waals surface area contributed by atoms with E-state index in [2.05, 4.69) is 0 Å². The van der Waals surface area contributed by atoms with E-state index in [-0.39, 0.29) is 0 Å². The number of hydrogen-bond acceptors (Lipinski definition) is 2. The normalized spacial score (nSPS) is 45.1. The van der Waals surface area contributed by atoms with Gasteiger partial charge in [0.05, 0.1) is 0 Å². The minimum absolute atomic E-state index is 0.302. The summed E-state index contributed by atoms with van der Waals surface area (Å²) in [6.45, 7) is 0. The largest absolute Gasteiger partial charge is 0.298 e. The molecule has 86 valence electrons. The first-order chi connectivity index (χ1) is 12.0. The summed E-state index contributed by atoms with van der Waals surface area (Å²) in [7, 11) is 0. The fraction of sp³-hybridized carbons (Fsp3) is 0.500. The summed E-state index contributed by atoms with van der Waals surface area (Å²) in [6.07, 6.45) is -16.6. The zero-order chi connectivity index (χ0) is 21.1. The van der Waals surface area contributed by atoms with E-state index in [0.717, 1.165) is 11.8 Å². The van der Waals surface area contributed by atoms with Crippen molar-refractivity contribution in [2.75, 3.05) is 5.75 Å². The molecule has 1 aromatic rings. The Labute approximate surface area is 117 Å². The standard InChI is InChI=1S/C14H18OS/c15-10-13-7-4-8-14(9-13)16-11-12-5-2-1-3-6-12/h4,7-10,12H,1-3,5-6,11H2/i1D2,2D2,3D2,5D2,6D2,12D. The summed E-state index contributed by atoms with van der Waals surface area (Å²) in [5.74, 6) is -3.65. The van der Waals surface area contributed by atoms with Crippen molar-refractivity contribution in [2.24, 2.45) is 5.89 Å². The summed E-state index contributed by atoms with van der Waals surface area (Å²) in [6, 6.07) is 6.01. The molecule has 1 fully saturated rings. The minimum atomic E-state index is -3.51. The number of thioether (sulfide) groups is 1. The fourth-order valence-electron chi connectivity index (χ4n) is 1.18. The average molecular weight is 245 g/mol. The van der Waals surface area contributed by atoms with E-state index in [9.17, 15) is 4.79 Å². The number of aldehydes is 1. The van der Waals surface area contributed by atoms with Crippen LogP contribution in [-0.2, 0) is 0 Å². The van der Waals surface area contributed by atoms with E-state index in [1.165, 1.54) is 24.3 Å². The molecule has 0 saturated heterocycles. The Balaban J connectivity index is 2.55. The van der Waals surface area contributed by atoms with Crippen molar-refractivity contribution in [3.05, 3.63) is 29.8 Å². The fourth-order valence-corrected chi connectivity index (χ4v) is 2.03. The molecule has 0 spiro atoms. The SMILES string of the molecule is [2H]C1([2H])C([2H])([2H])C([2H])([2H])C([2H])(CSc2cccc(C=O)c2)C([2H])([2H])C1([2H])[2H]. The number of carbonyl (C=O) groups is 1. The Hall–Kier alpha value is -0.760. The van der Waals surface area contributed by atoms with E-state index < -0.39 is 43.5 Å². The van der Waals surface area contributed by atoms with Crippen molar-refractivity contribution in [2.45, 2.75) is 36.8 Å². The maximum atomic E-state index is 10.9. The number of carbonyl (C=O) groups excluding carboxylic acids is 1. The Morgan fingerprint density at radius 3 is 3.00 bits per heavy atom. The highest BCUT2D eigenvalue weighted by Gasteiger charge is 2.13. The Morgan fingerprint density at radius 2 is 2.25 bits per heavy atom. The molecule has 0 aromatic heterocycles. The maximum Gasteiger partial charge on any atom is 0.150 e. The highest BCUT2D eigenvalue weighted by molar-refractivity contribution is 7.99. The molecule has 0 atom stereocenters. The lowest BCUT2D eigenvalue weighted by Crippen LogP contribution is -2.08. The van der Waals surface area contributed by atoms with Crippen LogP contribution in [0.5, 0.6) is 0 Å². The molecule has 2 heteroatoms. The molecule has 0 amide bonds. The van der Waals surface area contributed by atoms with Gasteiger partial charge in [0, 0.05) is 31.3 Å². The number of rotatable bonds is 4. The lowest BCUT2D eigenvalue weighted by molar-refractivity contribution is 0.112. The van der Waals surface area contributed by atoms with Crippen molar-refractivity contribution >= 4 is 18.0 Å². The van der Waals surface area contributed by atoms with Gasteiger partial charge in [-0.25, -0.2) is 0 Å². The Kier molecular flexibility index (Phi) is 1.59. The molecule has 0 aliphatic heterocycles. The summed E-state index contributed by atoms with van der Waals surface area (Å²) < 4.78 is 88.0. The monoisotopic (exact) mass is 245 g/mol. The summed E-state index contributed by atoms with van der Waals surface area (Å²) >= 11 is 0.779. The highest BCUT2D eigenvalue weighted by Crippen LogP contribution is 2.29. The second-order valence-corrected chi connectivity index (χ2v) is 4.13. The molecule has 1 nitrogen and oxygen atoms in total. The third-order valence-electron chi connectivity index (χ3n) is 1.93. The zero-order valence-electron chi connectivity index (χ0n) is 19.4. The quantitative estimate of drug-likeness (QED) is 0.585. The van der Waals surface area contributed by atoms with Gasteiger partial charge >= 0.3 is 0 Å². The van der Waals surface area contributed by atoms with Gasteiger partial charge < -0.3 is 0 Å². The molecular weight excluding hydrogens is 216 g/mol. The van der Waals surface area contributed by atoms with Crippen molar-refractivity contribution in [3.8, 4) is 0 Å². The molecule has 0 radical (unpaired) electrons. The summed E-state index contributed by atoms with van der Waals surface area (Å²) in [5.41, 5.74) is 0.302. The van der Waals surface area contributed by atoms with Gasteiger partial charge in [-0.15, -0.1) is 11.8 Å². The van der Waals surface area contributed by atoms with Gasteiger partial charge in [-0.3, -0.25) is 4.79 Å². The molecule has 0 bridgehead atoms. The molecule has 0 N–H and O–H groups in total. The predicted molar refractivity (Wildman–Crippen MR) is 69.1 cm³/mol. The Bertz CT molecular complexity index is 716. The molecule has 1 aromatic carbocycles. The molecule has 1 aliphatic rings. The van der Waals surface area contributed by atoms with E-state index in [1.807, 2.05) is 0 Å². The van der Waals surface area contributed by atoms with Gasteiger partial charge in [0.15, 0.2) is 0 Å². The third-order valence-corrected chi connectivity index (χ3v) is 2.95. The van der Waals surface area contributed by atoms with Crippen LogP contribution in [0, 0.1) is 5.89 Å². The second-order valence-electron chi connectivity index (χ2n) is 3.08. The van der Waals surface area contributed by atoms with Crippen LogP contribution in [0.2, 0.25) is 0 Å². The second kappa shape index (κ2) is 6.09. The van der Waals surface area contributed by atoms with Crippen LogP contribution >= 0.6 is 11.8 Å². The molecule has 1 aliphatic carbocycles. The van der Waals surface area contributed by atoms with Gasteiger partial charge in [-0.05, 0) is 30.8 Å². The first kappa shape index (κ1) is 4.16. The van der Waals surface area contributed by atoms with Crippen molar-refractivity contribution in [1.82, 2.24) is 0 Å². The van der Waals surface area contributed by atoms with Crippen molar-refractivity contribution < 1.29 is 19.9 Å². The zero-order valence-corrected chi connectivity index (χ0v) is 9.23. The van der Waals surface area contributed by atoms with Gasteiger partial charge in [-0.1, -0.05) is 31.3 Å². The molecule has 1 saturated carbocycles. The number of hydrogen-bond donors (Lipinski definition) is 0. The molecular formula is C14H18OS. The maximum absolute atomic E-state index is 10.9. The molecule has 0 heterocycles. The summed E-state index contributed by atoms with van der Waals surface area (Å²) in [5, 5.41) is 0. The van der Waals surface area contributed by atoms with E-state index in [0.29, 0.717) is 16.7 Å².